The molecule has 2 rings (SSSR count). The van der Waals surface area contributed by atoms with Crippen molar-refractivity contribution in [2.75, 3.05) is 0 Å². The van der Waals surface area contributed by atoms with Gasteiger partial charge in [0.1, 0.15) is 0 Å². The van der Waals surface area contributed by atoms with Gasteiger partial charge in [0.05, 0.1) is 16.7 Å². The van der Waals surface area contributed by atoms with Crippen LogP contribution in [0.25, 0.3) is 0 Å². The second-order valence-corrected chi connectivity index (χ2v) is 6.48. The Morgan fingerprint density at radius 1 is 1.62 bits per heavy atom. The second-order valence-electron chi connectivity index (χ2n) is 4.17. The first-order valence-electron chi connectivity index (χ1n) is 4.34. The van der Waals surface area contributed by atoms with E-state index in [9.17, 15) is 5.11 Å². The van der Waals surface area contributed by atoms with Gasteiger partial charge in [-0.15, -0.1) is 11.3 Å². The number of aromatic nitrogens is 1. The minimum Gasteiger partial charge on any atom is -0.387 e. The van der Waals surface area contributed by atoms with Gasteiger partial charge in [-0.3, -0.25) is 0 Å². The summed E-state index contributed by atoms with van der Waals surface area (Å²) in [4.78, 5) is 5.39. The van der Waals surface area contributed by atoms with E-state index in [1.807, 2.05) is 0 Å². The van der Waals surface area contributed by atoms with Gasteiger partial charge in [0, 0.05) is 0 Å². The first-order chi connectivity index (χ1) is 6.00. The molecule has 1 unspecified atom stereocenters. The Bertz CT molecular complexity index is 334. The summed E-state index contributed by atoms with van der Waals surface area (Å²) < 4.78 is 0.884. The summed E-state index contributed by atoms with van der Waals surface area (Å²) in [6.45, 7) is 4.21. The topological polar surface area (TPSA) is 33.1 Å². The Balaban J connectivity index is 2.44. The molecule has 0 bridgehead atoms. The molecule has 1 N–H and O–H groups in total. The van der Waals surface area contributed by atoms with Crippen LogP contribution in [0.3, 0.4) is 0 Å². The molecule has 0 saturated heterocycles. The van der Waals surface area contributed by atoms with E-state index >= 15 is 0 Å². The van der Waals surface area contributed by atoms with Gasteiger partial charge in [-0.25, -0.2) is 4.98 Å². The number of rotatable bonds is 0. The fraction of sp³-hybridized carbons (Fsp3) is 0.667. The highest BCUT2D eigenvalue weighted by molar-refractivity contribution is 9.11. The molecule has 4 heteroatoms. The summed E-state index contributed by atoms with van der Waals surface area (Å²) in [5, 5.41) is 10.1. The van der Waals surface area contributed by atoms with Crippen molar-refractivity contribution < 1.29 is 5.11 Å². The molecule has 0 saturated carbocycles. The van der Waals surface area contributed by atoms with Crippen LogP contribution in [0.1, 0.15) is 36.9 Å². The van der Waals surface area contributed by atoms with Gasteiger partial charge in [-0.05, 0) is 34.2 Å². The maximum atomic E-state index is 10.1. The standard InChI is InChI=1S/C9H12BrNOS/c1-9(2)4-3-5-6(7(9)12)13-8(10)11-5/h7,12H,3-4H2,1-2H3. The van der Waals surface area contributed by atoms with Crippen molar-refractivity contribution in [3.8, 4) is 0 Å². The SMILES string of the molecule is CC1(C)CCc2nc(Br)sc2C1O. The predicted octanol–water partition coefficient (Wildman–Crippen LogP) is 2.91. The van der Waals surface area contributed by atoms with Crippen molar-refractivity contribution in [1.29, 1.82) is 0 Å². The van der Waals surface area contributed by atoms with Crippen molar-refractivity contribution in [2.24, 2.45) is 5.41 Å². The van der Waals surface area contributed by atoms with Gasteiger partial charge in [-0.2, -0.15) is 0 Å². The van der Waals surface area contributed by atoms with Gasteiger partial charge >= 0.3 is 0 Å². The molecule has 0 amide bonds. The highest BCUT2D eigenvalue weighted by Crippen LogP contribution is 2.46. The minimum absolute atomic E-state index is 0.00102. The summed E-state index contributed by atoms with van der Waals surface area (Å²) in [6, 6.07) is 0. The Morgan fingerprint density at radius 2 is 2.31 bits per heavy atom. The lowest BCUT2D eigenvalue weighted by atomic mass is 9.76. The maximum Gasteiger partial charge on any atom is 0.159 e. The van der Waals surface area contributed by atoms with E-state index in [4.69, 9.17) is 0 Å². The molecular formula is C9H12BrNOS. The van der Waals surface area contributed by atoms with Gasteiger partial charge < -0.3 is 5.11 Å². The number of halogens is 1. The molecule has 1 aliphatic carbocycles. The molecule has 13 heavy (non-hydrogen) atoms. The molecule has 0 spiro atoms. The molecule has 1 heterocycles. The van der Waals surface area contributed by atoms with Crippen molar-refractivity contribution in [2.45, 2.75) is 32.8 Å². The number of thiazole rings is 1. The van der Waals surface area contributed by atoms with Crippen LogP contribution in [0.15, 0.2) is 3.92 Å². The highest BCUT2D eigenvalue weighted by atomic mass is 79.9. The van der Waals surface area contributed by atoms with Crippen LogP contribution < -0.4 is 0 Å². The van der Waals surface area contributed by atoms with E-state index in [0.717, 1.165) is 27.3 Å². The first kappa shape index (κ1) is 9.62. The van der Waals surface area contributed by atoms with Gasteiger partial charge in [0.25, 0.3) is 0 Å². The molecule has 72 valence electrons. The van der Waals surface area contributed by atoms with Crippen molar-refractivity contribution >= 4 is 27.3 Å². The lowest BCUT2D eigenvalue weighted by Gasteiger charge is -2.33. The quantitative estimate of drug-likeness (QED) is 0.779. The largest absolute Gasteiger partial charge is 0.387 e. The van der Waals surface area contributed by atoms with Crippen LogP contribution >= 0.6 is 27.3 Å². The molecule has 0 aliphatic heterocycles. The smallest absolute Gasteiger partial charge is 0.159 e. The monoisotopic (exact) mass is 261 g/mol. The zero-order valence-corrected chi connectivity index (χ0v) is 10.1. The lowest BCUT2D eigenvalue weighted by molar-refractivity contribution is 0.0366. The molecule has 0 fully saturated rings. The molecule has 1 atom stereocenters. The van der Waals surface area contributed by atoms with Crippen LogP contribution in [-0.2, 0) is 6.42 Å². The van der Waals surface area contributed by atoms with Crippen LogP contribution in [0.5, 0.6) is 0 Å². The van der Waals surface area contributed by atoms with Gasteiger partial charge in [0.15, 0.2) is 3.92 Å². The van der Waals surface area contributed by atoms with E-state index in [-0.39, 0.29) is 11.5 Å². The third-order valence-corrected chi connectivity index (χ3v) is 4.30. The highest BCUT2D eigenvalue weighted by Gasteiger charge is 2.36. The third kappa shape index (κ3) is 1.55. The molecule has 1 aromatic heterocycles. The van der Waals surface area contributed by atoms with Gasteiger partial charge in [-0.1, -0.05) is 13.8 Å². The number of hydrogen-bond donors (Lipinski definition) is 1. The number of nitrogens with zero attached hydrogens (tertiary/aromatic N) is 1. The van der Waals surface area contributed by atoms with Crippen molar-refractivity contribution in [1.82, 2.24) is 4.98 Å². The summed E-state index contributed by atoms with van der Waals surface area (Å²) in [7, 11) is 0. The molecule has 1 aromatic rings. The third-order valence-electron chi connectivity index (χ3n) is 2.70. The number of aliphatic hydroxyl groups is 1. The van der Waals surface area contributed by atoms with Crippen LogP contribution in [0.4, 0.5) is 0 Å². The Kier molecular flexibility index (Phi) is 2.25. The summed E-state index contributed by atoms with van der Waals surface area (Å²) >= 11 is 4.91. The number of fused-ring (bicyclic) bond motifs is 1. The number of aryl methyl sites for hydroxylation is 1. The zero-order chi connectivity index (χ0) is 9.64. The van der Waals surface area contributed by atoms with Crippen LogP contribution in [-0.4, -0.2) is 10.1 Å². The average Bonchev–Trinajstić information content (AvgIpc) is 2.40. The van der Waals surface area contributed by atoms with E-state index in [0.29, 0.717) is 0 Å². The van der Waals surface area contributed by atoms with E-state index in [1.54, 1.807) is 11.3 Å². The Labute approximate surface area is 90.1 Å². The number of aliphatic hydroxyl groups excluding tert-OH is 1. The van der Waals surface area contributed by atoms with Crippen molar-refractivity contribution in [3.05, 3.63) is 14.5 Å². The molecule has 0 aromatic carbocycles. The maximum absolute atomic E-state index is 10.1. The Morgan fingerprint density at radius 3 is 3.00 bits per heavy atom. The predicted molar refractivity (Wildman–Crippen MR) is 56.9 cm³/mol. The number of hydrogen-bond acceptors (Lipinski definition) is 3. The fourth-order valence-corrected chi connectivity index (χ4v) is 3.43. The van der Waals surface area contributed by atoms with Crippen LogP contribution in [0.2, 0.25) is 0 Å². The van der Waals surface area contributed by atoms with Crippen LogP contribution in [0, 0.1) is 5.41 Å². The molecule has 1 aliphatic rings. The zero-order valence-electron chi connectivity index (χ0n) is 7.67. The summed E-state index contributed by atoms with van der Waals surface area (Å²) in [5.41, 5.74) is 1.07. The van der Waals surface area contributed by atoms with E-state index < -0.39 is 0 Å². The normalized spacial score (nSPS) is 25.7. The second kappa shape index (κ2) is 3.04. The minimum atomic E-state index is -0.347. The molecular weight excluding hydrogens is 250 g/mol. The molecule has 0 radical (unpaired) electrons. The summed E-state index contributed by atoms with van der Waals surface area (Å²) in [5.74, 6) is 0. The Hall–Kier alpha value is 0.0700. The fourth-order valence-electron chi connectivity index (χ4n) is 1.66. The van der Waals surface area contributed by atoms with Gasteiger partial charge in [0.2, 0.25) is 0 Å². The molecule has 2 nitrogen and oxygen atoms in total. The average molecular weight is 262 g/mol. The van der Waals surface area contributed by atoms with E-state index in [2.05, 4.69) is 34.8 Å². The first-order valence-corrected chi connectivity index (χ1v) is 5.95. The lowest BCUT2D eigenvalue weighted by Crippen LogP contribution is -2.27. The van der Waals surface area contributed by atoms with E-state index in [1.165, 1.54) is 0 Å². The van der Waals surface area contributed by atoms with Crippen molar-refractivity contribution in [3.63, 3.8) is 0 Å². The summed E-state index contributed by atoms with van der Waals surface area (Å²) in [6.07, 6.45) is 1.65.